The third-order valence-electron chi connectivity index (χ3n) is 3.64. The minimum atomic E-state index is -0.253. The monoisotopic (exact) mass is 346 g/mol. The summed E-state index contributed by atoms with van der Waals surface area (Å²) >= 11 is 0. The lowest BCUT2D eigenvalue weighted by molar-refractivity contribution is -0.135. The lowest BCUT2D eigenvalue weighted by Gasteiger charge is -2.19. The molecule has 0 spiro atoms. The standard InChI is InChI=1S/C18H22N2O5/c1-13(21)20(11-15-5-4-8-25-15)12-18(22)19-10-14-6-7-16(23-2)17(9-14)24-3/h4-9H,10-12H2,1-3H3,(H,19,22). The minimum Gasteiger partial charge on any atom is -0.493 e. The van der Waals surface area contributed by atoms with Crippen LogP contribution >= 0.6 is 0 Å². The Morgan fingerprint density at radius 2 is 1.92 bits per heavy atom. The predicted octanol–water partition coefficient (Wildman–Crippen LogP) is 1.96. The van der Waals surface area contributed by atoms with Crippen LogP contribution < -0.4 is 14.8 Å². The molecule has 1 N–H and O–H groups in total. The van der Waals surface area contributed by atoms with Gasteiger partial charge in [0.05, 0.1) is 33.6 Å². The Morgan fingerprint density at radius 3 is 2.52 bits per heavy atom. The van der Waals surface area contributed by atoms with E-state index in [4.69, 9.17) is 13.9 Å². The number of hydrogen-bond acceptors (Lipinski definition) is 5. The first-order valence-corrected chi connectivity index (χ1v) is 7.79. The van der Waals surface area contributed by atoms with Crippen LogP contribution in [0, 0.1) is 0 Å². The Hall–Kier alpha value is -2.96. The van der Waals surface area contributed by atoms with Gasteiger partial charge in [0, 0.05) is 13.5 Å². The molecule has 134 valence electrons. The molecule has 0 atom stereocenters. The van der Waals surface area contributed by atoms with E-state index in [2.05, 4.69) is 5.32 Å². The molecule has 2 aromatic rings. The number of hydrogen-bond donors (Lipinski definition) is 1. The van der Waals surface area contributed by atoms with Crippen LogP contribution in [-0.2, 0) is 22.7 Å². The van der Waals surface area contributed by atoms with Gasteiger partial charge in [-0.2, -0.15) is 0 Å². The summed E-state index contributed by atoms with van der Waals surface area (Å²) in [5.41, 5.74) is 0.867. The maximum atomic E-state index is 12.1. The molecule has 0 fully saturated rings. The second-order valence-electron chi connectivity index (χ2n) is 5.42. The lowest BCUT2D eigenvalue weighted by Crippen LogP contribution is -2.39. The highest BCUT2D eigenvalue weighted by molar-refractivity contribution is 5.83. The first kappa shape index (κ1) is 18.4. The number of furan rings is 1. The minimum absolute atomic E-state index is 0.0384. The molecule has 2 amide bonds. The van der Waals surface area contributed by atoms with E-state index in [0.717, 1.165) is 5.56 Å². The summed E-state index contributed by atoms with van der Waals surface area (Å²) in [7, 11) is 3.12. The molecule has 0 saturated carbocycles. The number of amides is 2. The van der Waals surface area contributed by atoms with Crippen molar-refractivity contribution in [1.82, 2.24) is 10.2 Å². The average molecular weight is 346 g/mol. The number of methoxy groups -OCH3 is 2. The zero-order valence-corrected chi connectivity index (χ0v) is 14.6. The van der Waals surface area contributed by atoms with Crippen LogP contribution in [0.15, 0.2) is 41.0 Å². The van der Waals surface area contributed by atoms with Crippen molar-refractivity contribution in [2.75, 3.05) is 20.8 Å². The van der Waals surface area contributed by atoms with Gasteiger partial charge in [0.25, 0.3) is 0 Å². The first-order valence-electron chi connectivity index (χ1n) is 7.79. The molecule has 0 aliphatic heterocycles. The van der Waals surface area contributed by atoms with Crippen LogP contribution in [-0.4, -0.2) is 37.5 Å². The summed E-state index contributed by atoms with van der Waals surface area (Å²) < 4.78 is 15.6. The van der Waals surface area contributed by atoms with E-state index in [1.807, 2.05) is 6.07 Å². The second kappa shape index (κ2) is 8.77. The number of carbonyl (C=O) groups is 2. The molecule has 0 aliphatic carbocycles. The highest BCUT2D eigenvalue weighted by Gasteiger charge is 2.15. The summed E-state index contributed by atoms with van der Waals surface area (Å²) in [5.74, 6) is 1.40. The Bertz CT molecular complexity index is 712. The van der Waals surface area contributed by atoms with Gasteiger partial charge >= 0.3 is 0 Å². The zero-order valence-electron chi connectivity index (χ0n) is 14.6. The van der Waals surface area contributed by atoms with Gasteiger partial charge in [-0.05, 0) is 29.8 Å². The van der Waals surface area contributed by atoms with Gasteiger partial charge in [-0.1, -0.05) is 6.07 Å². The number of ether oxygens (including phenoxy) is 2. The van der Waals surface area contributed by atoms with Gasteiger partial charge in [0.15, 0.2) is 11.5 Å². The molecule has 7 nitrogen and oxygen atoms in total. The quantitative estimate of drug-likeness (QED) is 0.790. The third kappa shape index (κ3) is 5.27. The van der Waals surface area contributed by atoms with E-state index >= 15 is 0 Å². The van der Waals surface area contributed by atoms with Gasteiger partial charge < -0.3 is 24.1 Å². The maximum absolute atomic E-state index is 12.1. The molecular weight excluding hydrogens is 324 g/mol. The highest BCUT2D eigenvalue weighted by atomic mass is 16.5. The summed E-state index contributed by atoms with van der Waals surface area (Å²) in [6, 6.07) is 8.92. The van der Waals surface area contributed by atoms with Crippen LogP contribution in [0.4, 0.5) is 0 Å². The molecule has 0 unspecified atom stereocenters. The smallest absolute Gasteiger partial charge is 0.239 e. The number of nitrogens with zero attached hydrogens (tertiary/aromatic N) is 1. The van der Waals surface area contributed by atoms with E-state index in [9.17, 15) is 9.59 Å². The van der Waals surface area contributed by atoms with E-state index in [-0.39, 0.29) is 24.9 Å². The topological polar surface area (TPSA) is 81.0 Å². The van der Waals surface area contributed by atoms with Crippen molar-refractivity contribution >= 4 is 11.8 Å². The van der Waals surface area contributed by atoms with E-state index in [1.54, 1.807) is 38.5 Å². The van der Waals surface area contributed by atoms with Crippen molar-refractivity contribution in [3.05, 3.63) is 47.9 Å². The van der Waals surface area contributed by atoms with Gasteiger partial charge in [-0.3, -0.25) is 9.59 Å². The molecule has 7 heteroatoms. The van der Waals surface area contributed by atoms with Crippen LogP contribution in [0.1, 0.15) is 18.2 Å². The Morgan fingerprint density at radius 1 is 1.16 bits per heavy atom. The fourth-order valence-electron chi connectivity index (χ4n) is 2.29. The van der Waals surface area contributed by atoms with E-state index < -0.39 is 0 Å². The molecular formula is C18H22N2O5. The fourth-order valence-corrected chi connectivity index (χ4v) is 2.29. The summed E-state index contributed by atoms with van der Waals surface area (Å²) in [6.07, 6.45) is 1.53. The molecule has 0 aliphatic rings. The SMILES string of the molecule is COc1ccc(CNC(=O)CN(Cc2ccco2)C(C)=O)cc1OC. The lowest BCUT2D eigenvalue weighted by atomic mass is 10.2. The normalized spacial score (nSPS) is 10.2. The summed E-state index contributed by atoms with van der Waals surface area (Å²) in [5, 5.41) is 2.79. The third-order valence-corrected chi connectivity index (χ3v) is 3.64. The fraction of sp³-hybridized carbons (Fsp3) is 0.333. The van der Waals surface area contributed by atoms with Crippen molar-refractivity contribution < 1.29 is 23.5 Å². The van der Waals surface area contributed by atoms with Crippen LogP contribution in [0.3, 0.4) is 0 Å². The number of benzene rings is 1. The van der Waals surface area contributed by atoms with Crippen LogP contribution in [0.25, 0.3) is 0 Å². The van der Waals surface area contributed by atoms with Gasteiger partial charge in [0.2, 0.25) is 11.8 Å². The molecule has 0 radical (unpaired) electrons. The molecule has 1 heterocycles. The maximum Gasteiger partial charge on any atom is 0.239 e. The van der Waals surface area contributed by atoms with Crippen molar-refractivity contribution in [1.29, 1.82) is 0 Å². The molecule has 0 saturated heterocycles. The molecule has 0 bridgehead atoms. The van der Waals surface area contributed by atoms with Gasteiger partial charge in [-0.25, -0.2) is 0 Å². The Labute approximate surface area is 146 Å². The van der Waals surface area contributed by atoms with E-state index in [1.165, 1.54) is 18.1 Å². The van der Waals surface area contributed by atoms with Crippen molar-refractivity contribution in [3.63, 3.8) is 0 Å². The van der Waals surface area contributed by atoms with Gasteiger partial charge in [0.1, 0.15) is 5.76 Å². The summed E-state index contributed by atoms with van der Waals surface area (Å²) in [4.78, 5) is 25.3. The predicted molar refractivity (Wildman–Crippen MR) is 91.2 cm³/mol. The number of carbonyl (C=O) groups excluding carboxylic acids is 2. The zero-order chi connectivity index (χ0) is 18.2. The highest BCUT2D eigenvalue weighted by Crippen LogP contribution is 2.27. The summed E-state index contributed by atoms with van der Waals surface area (Å²) in [6.45, 7) is 1.96. The Kier molecular flexibility index (Phi) is 6.45. The van der Waals surface area contributed by atoms with Crippen molar-refractivity contribution in [2.24, 2.45) is 0 Å². The Balaban J connectivity index is 1.91. The van der Waals surface area contributed by atoms with Crippen LogP contribution in [0.2, 0.25) is 0 Å². The molecule has 2 rings (SSSR count). The molecule has 25 heavy (non-hydrogen) atoms. The number of rotatable bonds is 8. The van der Waals surface area contributed by atoms with E-state index in [0.29, 0.717) is 23.8 Å². The molecule has 1 aromatic heterocycles. The average Bonchev–Trinajstić information content (AvgIpc) is 3.12. The van der Waals surface area contributed by atoms with Crippen LogP contribution in [0.5, 0.6) is 11.5 Å². The first-order chi connectivity index (χ1) is 12.0. The molecule has 1 aromatic carbocycles. The van der Waals surface area contributed by atoms with Gasteiger partial charge in [-0.15, -0.1) is 0 Å². The number of nitrogens with one attached hydrogen (secondary N) is 1. The largest absolute Gasteiger partial charge is 0.493 e. The second-order valence-corrected chi connectivity index (χ2v) is 5.42. The van der Waals surface area contributed by atoms with Crippen molar-refractivity contribution in [3.8, 4) is 11.5 Å². The van der Waals surface area contributed by atoms with Crippen molar-refractivity contribution in [2.45, 2.75) is 20.0 Å².